The molecule has 1 atom stereocenters. The molecule has 3 aromatic rings. The molecule has 0 saturated heterocycles. The largest absolute Gasteiger partial charge is 0.673 e. The monoisotopic (exact) mass is 501 g/mol. The van der Waals surface area contributed by atoms with Crippen LogP contribution in [0.2, 0.25) is 0 Å². The van der Waals surface area contributed by atoms with E-state index in [-0.39, 0.29) is 20.8 Å². The number of ketones is 1. The van der Waals surface area contributed by atoms with Crippen molar-refractivity contribution in [1.29, 1.82) is 0 Å². The summed E-state index contributed by atoms with van der Waals surface area (Å²) in [5.74, 6) is 0.284. The standard InChI is InChI=1S/C22H22OSSe.BF4/c1-24(2)22(21(23)18-12-6-3-7-13-18)25(19-14-8-4-9-15-19)20-16-10-5-11-17-20;2-1(3,4)5/h3-17,22H,1-2H3;/q+2;-1. The van der Waals surface area contributed by atoms with E-state index in [1.165, 1.54) is 8.92 Å². The van der Waals surface area contributed by atoms with Crippen LogP contribution in [-0.4, -0.2) is 43.6 Å². The first-order valence-corrected chi connectivity index (χ1v) is 13.9. The second kappa shape index (κ2) is 11.4. The van der Waals surface area contributed by atoms with Gasteiger partial charge in [-0.25, -0.2) is 0 Å². The minimum absolute atomic E-state index is 0.00898. The summed E-state index contributed by atoms with van der Waals surface area (Å²) in [7, 11) is -6.01. The molecule has 0 fully saturated rings. The smallest absolute Gasteiger partial charge is 0.418 e. The van der Waals surface area contributed by atoms with Gasteiger partial charge in [0.15, 0.2) is 0 Å². The third-order valence-corrected chi connectivity index (χ3v) is 13.0. The molecule has 0 saturated carbocycles. The van der Waals surface area contributed by atoms with Crippen molar-refractivity contribution in [3.05, 3.63) is 96.6 Å². The Hall–Kier alpha value is -2.02. The van der Waals surface area contributed by atoms with Crippen molar-refractivity contribution >= 4 is 46.8 Å². The number of Topliss-reactive ketones (excluding diaryl/α,β-unsaturated/α-hetero) is 1. The fraction of sp³-hybridized carbons (Fsp3) is 0.136. The van der Waals surface area contributed by atoms with Gasteiger partial charge < -0.3 is 17.3 Å². The third kappa shape index (κ3) is 7.67. The summed E-state index contributed by atoms with van der Waals surface area (Å²) >= 11 is -1.51. The van der Waals surface area contributed by atoms with Crippen LogP contribution in [0.15, 0.2) is 91.0 Å². The molecular weight excluding hydrogens is 478 g/mol. The summed E-state index contributed by atoms with van der Waals surface area (Å²) < 4.78 is 41.7. The molecule has 0 heterocycles. The summed E-state index contributed by atoms with van der Waals surface area (Å²) in [5, 5.41) is 0. The fourth-order valence-electron chi connectivity index (χ4n) is 2.77. The number of benzene rings is 3. The molecule has 0 aliphatic heterocycles. The number of hydrogen-bond acceptors (Lipinski definition) is 1. The molecule has 0 aromatic heterocycles. The van der Waals surface area contributed by atoms with Crippen LogP contribution in [-0.2, 0) is 10.9 Å². The first-order chi connectivity index (χ1) is 14.2. The van der Waals surface area contributed by atoms with Gasteiger partial charge in [0.05, 0.1) is 0 Å². The van der Waals surface area contributed by atoms with Crippen molar-refractivity contribution in [3.63, 3.8) is 0 Å². The van der Waals surface area contributed by atoms with Gasteiger partial charge in [0.25, 0.3) is 0 Å². The van der Waals surface area contributed by atoms with E-state index in [1.54, 1.807) is 0 Å². The number of carbonyl (C=O) groups excluding carboxylic acids is 1. The van der Waals surface area contributed by atoms with Gasteiger partial charge in [-0.3, -0.25) is 0 Å². The van der Waals surface area contributed by atoms with Gasteiger partial charge in [-0.05, 0) is 0 Å². The first kappa shape index (κ1) is 24.3. The maximum atomic E-state index is 13.4. The van der Waals surface area contributed by atoms with Crippen molar-refractivity contribution in [2.45, 2.75) is 4.15 Å². The summed E-state index contributed by atoms with van der Waals surface area (Å²) in [6, 6.07) is 31.0. The van der Waals surface area contributed by atoms with Crippen LogP contribution in [0, 0.1) is 0 Å². The number of hydrogen-bond donors (Lipinski definition) is 0. The summed E-state index contributed by atoms with van der Waals surface area (Å²) in [5.41, 5.74) is 0.828. The molecule has 0 aliphatic carbocycles. The van der Waals surface area contributed by atoms with Gasteiger partial charge in [-0.1, -0.05) is 0 Å². The van der Waals surface area contributed by atoms with Gasteiger partial charge in [-0.2, -0.15) is 0 Å². The maximum absolute atomic E-state index is 13.4. The molecule has 3 aromatic carbocycles. The van der Waals surface area contributed by atoms with Gasteiger partial charge in [0.2, 0.25) is 0 Å². The zero-order chi connectivity index (χ0) is 22.1. The Morgan fingerprint density at radius 3 is 1.40 bits per heavy atom. The predicted octanol–water partition coefficient (Wildman–Crippen LogP) is 4.26. The quantitative estimate of drug-likeness (QED) is 0.214. The van der Waals surface area contributed by atoms with Crippen LogP contribution in [0.4, 0.5) is 17.3 Å². The zero-order valence-electron chi connectivity index (χ0n) is 16.6. The van der Waals surface area contributed by atoms with Gasteiger partial charge in [-0.15, -0.1) is 0 Å². The van der Waals surface area contributed by atoms with Gasteiger partial charge in [0, 0.05) is 0 Å². The van der Waals surface area contributed by atoms with Crippen LogP contribution in [0.3, 0.4) is 0 Å². The van der Waals surface area contributed by atoms with Crippen LogP contribution in [0.25, 0.3) is 0 Å². The van der Waals surface area contributed by atoms with Gasteiger partial charge in [0.1, 0.15) is 0 Å². The Morgan fingerprint density at radius 1 is 0.733 bits per heavy atom. The average Bonchev–Trinajstić information content (AvgIpc) is 2.72. The summed E-state index contributed by atoms with van der Waals surface area (Å²) in [6.07, 6.45) is 4.40. The first-order valence-electron chi connectivity index (χ1n) is 9.04. The molecule has 0 radical (unpaired) electrons. The fourth-order valence-corrected chi connectivity index (χ4v) is 11.5. The second-order valence-corrected chi connectivity index (χ2v) is 13.7. The molecular formula is C22H22BF4OSSe+. The van der Waals surface area contributed by atoms with Crippen LogP contribution < -0.4 is 8.92 Å². The Labute approximate surface area is 181 Å². The molecule has 0 amide bonds. The van der Waals surface area contributed by atoms with Crippen molar-refractivity contribution in [3.8, 4) is 0 Å². The topological polar surface area (TPSA) is 17.1 Å². The van der Waals surface area contributed by atoms with Crippen molar-refractivity contribution in [2.75, 3.05) is 12.5 Å². The Balaban J connectivity index is 0.000000575. The number of carbonyl (C=O) groups is 1. The van der Waals surface area contributed by atoms with Crippen molar-refractivity contribution in [2.24, 2.45) is 0 Å². The summed E-state index contributed by atoms with van der Waals surface area (Å²) in [4.78, 5) is 13.4. The molecule has 1 nitrogen and oxygen atoms in total. The average molecular weight is 500 g/mol. The minimum Gasteiger partial charge on any atom is -0.418 e. The molecule has 0 N–H and O–H groups in total. The van der Waals surface area contributed by atoms with E-state index < -0.39 is 21.2 Å². The van der Waals surface area contributed by atoms with E-state index in [0.717, 1.165) is 5.56 Å². The Morgan fingerprint density at radius 2 is 1.07 bits per heavy atom. The molecule has 30 heavy (non-hydrogen) atoms. The zero-order valence-corrected chi connectivity index (χ0v) is 19.1. The molecule has 0 bridgehead atoms. The van der Waals surface area contributed by atoms with Crippen LogP contribution >= 0.6 is 0 Å². The van der Waals surface area contributed by atoms with Crippen molar-refractivity contribution < 1.29 is 22.1 Å². The molecule has 0 spiro atoms. The van der Waals surface area contributed by atoms with E-state index >= 15 is 0 Å². The van der Waals surface area contributed by atoms with E-state index in [0.29, 0.717) is 0 Å². The Bertz CT molecular complexity index is 863. The predicted molar refractivity (Wildman–Crippen MR) is 122 cm³/mol. The van der Waals surface area contributed by atoms with Crippen LogP contribution in [0.1, 0.15) is 10.4 Å². The third-order valence-electron chi connectivity index (χ3n) is 3.91. The van der Waals surface area contributed by atoms with E-state index in [2.05, 4.69) is 61.0 Å². The second-order valence-electron chi connectivity index (χ2n) is 6.40. The molecule has 158 valence electrons. The SMILES string of the molecule is C[S+](C)C(C(=O)c1ccccc1)[Se+](c1ccccc1)c1ccccc1.F[B-](F)(F)F. The molecule has 1 unspecified atom stereocenters. The minimum atomic E-state index is -6.00. The summed E-state index contributed by atoms with van der Waals surface area (Å²) in [6.45, 7) is 0. The maximum Gasteiger partial charge on any atom is 0.673 e. The van der Waals surface area contributed by atoms with Gasteiger partial charge >= 0.3 is 165 Å². The normalized spacial score (nSPS) is 12.3. The van der Waals surface area contributed by atoms with E-state index in [9.17, 15) is 22.1 Å². The molecule has 0 aliphatic rings. The van der Waals surface area contributed by atoms with Crippen molar-refractivity contribution in [1.82, 2.24) is 0 Å². The van der Waals surface area contributed by atoms with Crippen LogP contribution in [0.5, 0.6) is 0 Å². The molecule has 3 rings (SSSR count). The van der Waals surface area contributed by atoms with E-state index in [4.69, 9.17) is 0 Å². The number of halogens is 4. The number of rotatable bonds is 6. The van der Waals surface area contributed by atoms with E-state index in [1.807, 2.05) is 42.5 Å². The molecule has 8 heteroatoms. The Kier molecular flexibility index (Phi) is 9.21.